The maximum absolute atomic E-state index is 10.7. The van der Waals surface area contributed by atoms with Gasteiger partial charge in [0.1, 0.15) is 5.25 Å². The molecule has 0 bridgehead atoms. The minimum Gasteiger partial charge on any atom is -0.480 e. The fourth-order valence-corrected chi connectivity index (χ4v) is 2.96. The molecular weight excluding hydrogens is 216 g/mol. The van der Waals surface area contributed by atoms with Gasteiger partial charge in [-0.25, -0.2) is 0 Å². The van der Waals surface area contributed by atoms with Crippen LogP contribution < -0.4 is 0 Å². The Bertz CT molecular complexity index is 270. The summed E-state index contributed by atoms with van der Waals surface area (Å²) in [5.74, 6) is 0.203. The van der Waals surface area contributed by atoms with Crippen molar-refractivity contribution in [3.05, 3.63) is 22.4 Å². The fourth-order valence-electron chi connectivity index (χ4n) is 1.12. The zero-order valence-corrected chi connectivity index (χ0v) is 9.74. The molecule has 1 unspecified atom stereocenters. The van der Waals surface area contributed by atoms with Gasteiger partial charge >= 0.3 is 5.97 Å². The summed E-state index contributed by atoms with van der Waals surface area (Å²) in [4.78, 5) is 12.0. The third-order valence-electron chi connectivity index (χ3n) is 1.89. The molecular formula is C10H14O2S2. The number of aliphatic carboxylic acids is 1. The van der Waals surface area contributed by atoms with Crippen LogP contribution >= 0.6 is 23.1 Å². The van der Waals surface area contributed by atoms with E-state index in [2.05, 4.69) is 11.4 Å². The Morgan fingerprint density at radius 1 is 1.71 bits per heavy atom. The molecule has 1 aromatic rings. The molecule has 0 amide bonds. The second-order valence-electron chi connectivity index (χ2n) is 2.94. The van der Waals surface area contributed by atoms with E-state index in [1.54, 1.807) is 11.3 Å². The van der Waals surface area contributed by atoms with E-state index in [9.17, 15) is 4.79 Å². The molecule has 1 aromatic heterocycles. The number of carbonyl (C=O) groups is 1. The summed E-state index contributed by atoms with van der Waals surface area (Å²) in [6.45, 7) is 1.91. The molecule has 0 aromatic carbocycles. The molecule has 1 heterocycles. The van der Waals surface area contributed by atoms with Crippen molar-refractivity contribution in [2.75, 3.05) is 5.75 Å². The number of thioether (sulfide) groups is 1. The van der Waals surface area contributed by atoms with Crippen molar-refractivity contribution in [1.29, 1.82) is 0 Å². The molecule has 0 aliphatic heterocycles. The molecule has 1 atom stereocenters. The van der Waals surface area contributed by atoms with Gasteiger partial charge in [-0.2, -0.15) is 0 Å². The zero-order chi connectivity index (χ0) is 10.4. The first kappa shape index (κ1) is 11.6. The van der Waals surface area contributed by atoms with E-state index >= 15 is 0 Å². The van der Waals surface area contributed by atoms with Crippen LogP contribution in [-0.4, -0.2) is 22.1 Å². The molecule has 78 valence electrons. The number of carboxylic acids is 1. The Morgan fingerprint density at radius 2 is 2.50 bits per heavy atom. The van der Waals surface area contributed by atoms with Crippen LogP contribution in [0, 0.1) is 0 Å². The van der Waals surface area contributed by atoms with Crippen LogP contribution in [-0.2, 0) is 11.2 Å². The highest BCUT2D eigenvalue weighted by molar-refractivity contribution is 8.00. The van der Waals surface area contributed by atoms with Crippen LogP contribution in [0.2, 0.25) is 0 Å². The van der Waals surface area contributed by atoms with Gasteiger partial charge in [0.25, 0.3) is 0 Å². The van der Waals surface area contributed by atoms with Crippen LogP contribution in [0.3, 0.4) is 0 Å². The summed E-state index contributed by atoms with van der Waals surface area (Å²) in [5.41, 5.74) is 0. The number of hydrogen-bond donors (Lipinski definition) is 1. The summed E-state index contributed by atoms with van der Waals surface area (Å²) in [5, 5.41) is 10.6. The van der Waals surface area contributed by atoms with E-state index in [0.29, 0.717) is 6.42 Å². The zero-order valence-electron chi connectivity index (χ0n) is 8.10. The quantitative estimate of drug-likeness (QED) is 0.816. The second-order valence-corrected chi connectivity index (χ2v) is 5.28. The average molecular weight is 230 g/mol. The van der Waals surface area contributed by atoms with Crippen LogP contribution in [0.15, 0.2) is 17.5 Å². The van der Waals surface area contributed by atoms with Gasteiger partial charge in [0.05, 0.1) is 0 Å². The molecule has 0 radical (unpaired) electrons. The normalized spacial score (nSPS) is 12.6. The van der Waals surface area contributed by atoms with Crippen LogP contribution in [0.4, 0.5) is 0 Å². The minimum atomic E-state index is -0.691. The lowest BCUT2D eigenvalue weighted by atomic mass is 10.3. The lowest BCUT2D eigenvalue weighted by molar-refractivity contribution is -0.136. The Hall–Kier alpha value is -0.480. The topological polar surface area (TPSA) is 37.3 Å². The molecule has 0 aliphatic rings. The summed E-state index contributed by atoms with van der Waals surface area (Å²) in [7, 11) is 0. The van der Waals surface area contributed by atoms with Gasteiger partial charge in [0, 0.05) is 4.88 Å². The molecule has 0 saturated heterocycles. The van der Waals surface area contributed by atoms with E-state index in [0.717, 1.165) is 12.2 Å². The first-order chi connectivity index (χ1) is 6.74. The lowest BCUT2D eigenvalue weighted by Crippen LogP contribution is -2.15. The van der Waals surface area contributed by atoms with Gasteiger partial charge in [-0.3, -0.25) is 4.79 Å². The van der Waals surface area contributed by atoms with Gasteiger partial charge in [0.15, 0.2) is 0 Å². The molecule has 1 N–H and O–H groups in total. The number of carboxylic acid groups (broad SMARTS) is 1. The van der Waals surface area contributed by atoms with Gasteiger partial charge in [-0.1, -0.05) is 13.0 Å². The molecule has 0 fully saturated rings. The molecule has 14 heavy (non-hydrogen) atoms. The number of aryl methyl sites for hydroxylation is 1. The Morgan fingerprint density at radius 3 is 3.00 bits per heavy atom. The lowest BCUT2D eigenvalue weighted by Gasteiger charge is -2.07. The second kappa shape index (κ2) is 6.09. The average Bonchev–Trinajstić information content (AvgIpc) is 2.64. The van der Waals surface area contributed by atoms with Crippen molar-refractivity contribution in [1.82, 2.24) is 0 Å². The van der Waals surface area contributed by atoms with E-state index in [1.165, 1.54) is 16.6 Å². The largest absolute Gasteiger partial charge is 0.480 e. The smallest absolute Gasteiger partial charge is 0.316 e. The first-order valence-electron chi connectivity index (χ1n) is 4.60. The van der Waals surface area contributed by atoms with Gasteiger partial charge in [-0.05, 0) is 30.0 Å². The highest BCUT2D eigenvalue weighted by Crippen LogP contribution is 2.18. The van der Waals surface area contributed by atoms with Crippen LogP contribution in [0.5, 0.6) is 0 Å². The Balaban J connectivity index is 2.23. The van der Waals surface area contributed by atoms with Crippen molar-refractivity contribution < 1.29 is 9.90 Å². The maximum Gasteiger partial charge on any atom is 0.316 e. The molecule has 0 aliphatic carbocycles. The summed E-state index contributed by atoms with van der Waals surface area (Å²) in [6.07, 6.45) is 1.68. The fraction of sp³-hybridized carbons (Fsp3) is 0.500. The highest BCUT2D eigenvalue weighted by atomic mass is 32.2. The van der Waals surface area contributed by atoms with Crippen molar-refractivity contribution in [3.63, 3.8) is 0 Å². The maximum atomic E-state index is 10.7. The van der Waals surface area contributed by atoms with Crippen molar-refractivity contribution in [3.8, 4) is 0 Å². The van der Waals surface area contributed by atoms with E-state index in [4.69, 9.17) is 5.11 Å². The van der Waals surface area contributed by atoms with Crippen molar-refractivity contribution >= 4 is 29.1 Å². The van der Waals surface area contributed by atoms with Gasteiger partial charge < -0.3 is 5.11 Å². The molecule has 0 spiro atoms. The highest BCUT2D eigenvalue weighted by Gasteiger charge is 2.14. The van der Waals surface area contributed by atoms with Gasteiger partial charge in [-0.15, -0.1) is 23.1 Å². The monoisotopic (exact) mass is 230 g/mol. The van der Waals surface area contributed by atoms with Crippen LogP contribution in [0.25, 0.3) is 0 Å². The molecule has 4 heteroatoms. The number of rotatable bonds is 6. The van der Waals surface area contributed by atoms with Crippen molar-refractivity contribution in [2.45, 2.75) is 25.0 Å². The SMILES string of the molecule is CCC(SCCc1cccs1)C(=O)O. The number of thiophene rings is 1. The van der Waals surface area contributed by atoms with Crippen molar-refractivity contribution in [2.24, 2.45) is 0 Å². The predicted molar refractivity (Wildman–Crippen MR) is 62.2 cm³/mol. The van der Waals surface area contributed by atoms with E-state index in [1.807, 2.05) is 13.0 Å². The Kier molecular flexibility index (Phi) is 5.04. The molecule has 0 saturated carbocycles. The number of hydrogen-bond acceptors (Lipinski definition) is 3. The predicted octanol–water partition coefficient (Wildman–Crippen LogP) is 2.89. The third kappa shape index (κ3) is 3.72. The van der Waals surface area contributed by atoms with Gasteiger partial charge in [0.2, 0.25) is 0 Å². The Labute approximate surface area is 92.3 Å². The first-order valence-corrected chi connectivity index (χ1v) is 6.53. The summed E-state index contributed by atoms with van der Waals surface area (Å²) >= 11 is 3.26. The minimum absolute atomic E-state index is 0.241. The van der Waals surface area contributed by atoms with E-state index in [-0.39, 0.29) is 5.25 Å². The van der Waals surface area contributed by atoms with Crippen LogP contribution in [0.1, 0.15) is 18.2 Å². The molecule has 1 rings (SSSR count). The summed E-state index contributed by atoms with van der Waals surface area (Å²) < 4.78 is 0. The molecule has 2 nitrogen and oxygen atoms in total. The third-order valence-corrected chi connectivity index (χ3v) is 4.21. The summed E-state index contributed by atoms with van der Waals surface area (Å²) in [6, 6.07) is 4.12. The van der Waals surface area contributed by atoms with E-state index < -0.39 is 5.97 Å². The standard InChI is InChI=1S/C10H14O2S2/c1-2-9(10(11)12)14-7-5-8-4-3-6-13-8/h3-4,6,9H,2,5,7H2,1H3,(H,11,12).